The van der Waals surface area contributed by atoms with E-state index in [1.165, 1.54) is 11.6 Å². The first-order valence-electron chi connectivity index (χ1n) is 6.12. The SMILES string of the molecule is C#CC(NC1CCc2cc(F)ccc21)C(C)C. The minimum Gasteiger partial charge on any atom is -0.297 e. The van der Waals surface area contributed by atoms with E-state index in [0.717, 1.165) is 18.4 Å². The van der Waals surface area contributed by atoms with Crippen LogP contribution < -0.4 is 5.32 Å². The molecule has 0 fully saturated rings. The molecule has 0 spiro atoms. The molecular weight excluding hydrogens is 213 g/mol. The summed E-state index contributed by atoms with van der Waals surface area (Å²) in [5, 5.41) is 3.48. The molecule has 0 amide bonds. The Morgan fingerprint density at radius 3 is 2.88 bits per heavy atom. The van der Waals surface area contributed by atoms with Gasteiger partial charge in [-0.2, -0.15) is 0 Å². The molecule has 0 heterocycles. The van der Waals surface area contributed by atoms with Gasteiger partial charge in [0.05, 0.1) is 6.04 Å². The highest BCUT2D eigenvalue weighted by Crippen LogP contribution is 2.32. The summed E-state index contributed by atoms with van der Waals surface area (Å²) in [5.74, 6) is 3.04. The van der Waals surface area contributed by atoms with Crippen LogP contribution in [0.15, 0.2) is 18.2 Å². The van der Waals surface area contributed by atoms with Crippen LogP contribution in [-0.2, 0) is 6.42 Å². The minimum absolute atomic E-state index is 0.0796. The van der Waals surface area contributed by atoms with E-state index in [9.17, 15) is 4.39 Å². The van der Waals surface area contributed by atoms with Crippen LogP contribution in [-0.4, -0.2) is 6.04 Å². The summed E-state index contributed by atoms with van der Waals surface area (Å²) >= 11 is 0. The molecule has 2 heteroatoms. The molecule has 1 aliphatic rings. The highest BCUT2D eigenvalue weighted by molar-refractivity contribution is 5.35. The van der Waals surface area contributed by atoms with Crippen LogP contribution in [0.4, 0.5) is 4.39 Å². The molecule has 0 bridgehead atoms. The fourth-order valence-corrected chi connectivity index (χ4v) is 2.41. The molecule has 0 saturated heterocycles. The Morgan fingerprint density at radius 1 is 1.47 bits per heavy atom. The third kappa shape index (κ3) is 2.50. The second-order valence-electron chi connectivity index (χ2n) is 4.99. The van der Waals surface area contributed by atoms with Crippen molar-refractivity contribution in [3.05, 3.63) is 35.1 Å². The van der Waals surface area contributed by atoms with E-state index in [2.05, 4.69) is 25.1 Å². The van der Waals surface area contributed by atoms with E-state index >= 15 is 0 Å². The quantitative estimate of drug-likeness (QED) is 0.788. The van der Waals surface area contributed by atoms with E-state index in [1.807, 2.05) is 6.07 Å². The summed E-state index contributed by atoms with van der Waals surface area (Å²) in [7, 11) is 0. The lowest BCUT2D eigenvalue weighted by Gasteiger charge is -2.22. The number of terminal acetylenes is 1. The van der Waals surface area contributed by atoms with Crippen molar-refractivity contribution in [1.82, 2.24) is 5.32 Å². The number of hydrogen-bond donors (Lipinski definition) is 1. The lowest BCUT2D eigenvalue weighted by Crippen LogP contribution is -2.34. The number of aryl methyl sites for hydroxylation is 1. The van der Waals surface area contributed by atoms with Gasteiger partial charge in [-0.25, -0.2) is 4.39 Å². The van der Waals surface area contributed by atoms with E-state index in [1.54, 1.807) is 6.07 Å². The van der Waals surface area contributed by atoms with Crippen LogP contribution >= 0.6 is 0 Å². The molecule has 0 saturated carbocycles. The zero-order valence-electron chi connectivity index (χ0n) is 10.3. The zero-order valence-corrected chi connectivity index (χ0v) is 10.3. The van der Waals surface area contributed by atoms with Crippen molar-refractivity contribution in [3.8, 4) is 12.3 Å². The summed E-state index contributed by atoms with van der Waals surface area (Å²) in [6, 6.07) is 5.39. The first kappa shape index (κ1) is 12.1. The lowest BCUT2D eigenvalue weighted by atomic mass is 10.0. The second-order valence-corrected chi connectivity index (χ2v) is 4.99. The van der Waals surface area contributed by atoms with E-state index in [0.29, 0.717) is 5.92 Å². The van der Waals surface area contributed by atoms with Gasteiger partial charge in [0.1, 0.15) is 5.82 Å². The van der Waals surface area contributed by atoms with Gasteiger partial charge in [-0.3, -0.25) is 5.32 Å². The Hall–Kier alpha value is -1.33. The molecule has 2 atom stereocenters. The Bertz CT molecular complexity index is 445. The lowest BCUT2D eigenvalue weighted by molar-refractivity contribution is 0.414. The molecule has 0 radical (unpaired) electrons. The Balaban J connectivity index is 2.15. The van der Waals surface area contributed by atoms with Crippen LogP contribution in [0.3, 0.4) is 0 Å². The maximum Gasteiger partial charge on any atom is 0.123 e. The number of benzene rings is 1. The van der Waals surface area contributed by atoms with Crippen molar-refractivity contribution in [2.75, 3.05) is 0 Å². The Morgan fingerprint density at radius 2 is 2.24 bits per heavy atom. The number of rotatable bonds is 3. The van der Waals surface area contributed by atoms with E-state index in [-0.39, 0.29) is 17.9 Å². The van der Waals surface area contributed by atoms with Crippen LogP contribution in [0.5, 0.6) is 0 Å². The monoisotopic (exact) mass is 231 g/mol. The van der Waals surface area contributed by atoms with Crippen LogP contribution in [0.1, 0.15) is 37.4 Å². The maximum atomic E-state index is 13.1. The average molecular weight is 231 g/mol. The molecule has 1 nitrogen and oxygen atoms in total. The molecule has 0 aromatic heterocycles. The molecule has 17 heavy (non-hydrogen) atoms. The standard InChI is InChI=1S/C15H18FN/c1-4-14(10(2)3)17-15-8-5-11-9-12(16)6-7-13(11)15/h1,6-7,9-10,14-15,17H,5,8H2,2-3H3. The highest BCUT2D eigenvalue weighted by Gasteiger charge is 2.25. The van der Waals surface area contributed by atoms with Gasteiger partial charge in [0, 0.05) is 6.04 Å². The van der Waals surface area contributed by atoms with Crippen molar-refractivity contribution < 1.29 is 4.39 Å². The van der Waals surface area contributed by atoms with Crippen LogP contribution in [0.2, 0.25) is 0 Å². The number of nitrogens with one attached hydrogen (secondary N) is 1. The molecule has 1 aliphatic carbocycles. The average Bonchev–Trinajstić information content (AvgIpc) is 2.67. The molecule has 2 unspecified atom stereocenters. The first-order valence-corrected chi connectivity index (χ1v) is 6.12. The van der Waals surface area contributed by atoms with Gasteiger partial charge in [0.25, 0.3) is 0 Å². The van der Waals surface area contributed by atoms with Gasteiger partial charge in [-0.05, 0) is 42.0 Å². The topological polar surface area (TPSA) is 12.0 Å². The molecular formula is C15H18FN. The molecule has 90 valence electrons. The van der Waals surface area contributed by atoms with Gasteiger partial charge < -0.3 is 0 Å². The zero-order chi connectivity index (χ0) is 12.4. The van der Waals surface area contributed by atoms with Crippen LogP contribution in [0, 0.1) is 24.1 Å². The van der Waals surface area contributed by atoms with Gasteiger partial charge in [-0.15, -0.1) is 6.42 Å². The van der Waals surface area contributed by atoms with E-state index in [4.69, 9.17) is 6.42 Å². The summed E-state index contributed by atoms with van der Waals surface area (Å²) in [6.45, 7) is 4.22. The number of hydrogen-bond acceptors (Lipinski definition) is 1. The summed E-state index contributed by atoms with van der Waals surface area (Å²) in [4.78, 5) is 0. The maximum absolute atomic E-state index is 13.1. The largest absolute Gasteiger partial charge is 0.297 e. The highest BCUT2D eigenvalue weighted by atomic mass is 19.1. The Labute approximate surface area is 102 Å². The van der Waals surface area contributed by atoms with E-state index < -0.39 is 0 Å². The smallest absolute Gasteiger partial charge is 0.123 e. The first-order chi connectivity index (χ1) is 8.11. The molecule has 1 N–H and O–H groups in total. The third-order valence-electron chi connectivity index (χ3n) is 3.41. The van der Waals surface area contributed by atoms with Gasteiger partial charge in [0.15, 0.2) is 0 Å². The van der Waals surface area contributed by atoms with Crippen molar-refractivity contribution >= 4 is 0 Å². The molecule has 1 aromatic carbocycles. The predicted molar refractivity (Wildman–Crippen MR) is 68.1 cm³/mol. The van der Waals surface area contributed by atoms with Crippen molar-refractivity contribution in [2.24, 2.45) is 5.92 Å². The van der Waals surface area contributed by atoms with Gasteiger partial charge in [-0.1, -0.05) is 25.8 Å². The van der Waals surface area contributed by atoms with Crippen molar-refractivity contribution in [2.45, 2.75) is 38.8 Å². The summed E-state index contributed by atoms with van der Waals surface area (Å²) in [5.41, 5.74) is 2.31. The minimum atomic E-state index is -0.151. The fraction of sp³-hybridized carbons (Fsp3) is 0.467. The van der Waals surface area contributed by atoms with Crippen molar-refractivity contribution in [3.63, 3.8) is 0 Å². The second kappa shape index (κ2) is 4.89. The fourth-order valence-electron chi connectivity index (χ4n) is 2.41. The number of fused-ring (bicyclic) bond motifs is 1. The summed E-state index contributed by atoms with van der Waals surface area (Å²) in [6.07, 6.45) is 7.46. The predicted octanol–water partition coefficient (Wildman–Crippen LogP) is 3.06. The molecule has 0 aliphatic heterocycles. The normalized spacial score (nSPS) is 20.1. The summed E-state index contributed by atoms with van der Waals surface area (Å²) < 4.78 is 13.1. The molecule has 2 rings (SSSR count). The Kier molecular flexibility index (Phi) is 3.49. The number of halogens is 1. The third-order valence-corrected chi connectivity index (χ3v) is 3.41. The van der Waals surface area contributed by atoms with Crippen molar-refractivity contribution in [1.29, 1.82) is 0 Å². The van der Waals surface area contributed by atoms with Gasteiger partial charge >= 0.3 is 0 Å². The van der Waals surface area contributed by atoms with Crippen LogP contribution in [0.25, 0.3) is 0 Å². The molecule has 1 aromatic rings. The van der Waals surface area contributed by atoms with Gasteiger partial charge in [0.2, 0.25) is 0 Å².